The van der Waals surface area contributed by atoms with Crippen molar-refractivity contribution in [1.82, 2.24) is 0 Å². The number of allylic oxidation sites excluding steroid dienone is 1. The molecule has 1 saturated carbocycles. The van der Waals surface area contributed by atoms with Crippen molar-refractivity contribution < 1.29 is 4.74 Å². The predicted molar refractivity (Wildman–Crippen MR) is 79.6 cm³/mol. The Balaban J connectivity index is 1.97. The maximum absolute atomic E-state index is 5.73. The maximum Gasteiger partial charge on any atom is 0.0950 e. The molecular formula is C17H32O. The van der Waals surface area contributed by atoms with E-state index in [2.05, 4.69) is 19.9 Å². The molecule has 1 atom stereocenters. The van der Waals surface area contributed by atoms with Crippen molar-refractivity contribution in [3.8, 4) is 0 Å². The molecule has 0 spiro atoms. The van der Waals surface area contributed by atoms with Crippen LogP contribution in [0.2, 0.25) is 0 Å². The van der Waals surface area contributed by atoms with Crippen LogP contribution in [0.15, 0.2) is 12.3 Å². The molecule has 0 saturated heterocycles. The second-order valence-corrected chi connectivity index (χ2v) is 5.90. The predicted octanol–water partition coefficient (Wildman–Crippen LogP) is 5.85. The van der Waals surface area contributed by atoms with Crippen LogP contribution in [-0.2, 0) is 4.74 Å². The molecule has 0 bridgehead atoms. The van der Waals surface area contributed by atoms with Crippen LogP contribution in [0, 0.1) is 5.92 Å². The fraction of sp³-hybridized carbons (Fsp3) is 0.882. The Morgan fingerprint density at radius 3 is 2.67 bits per heavy atom. The minimum Gasteiger partial charge on any atom is -0.499 e. The molecule has 1 heteroatoms. The number of rotatable bonds is 9. The zero-order chi connectivity index (χ0) is 13.1. The molecule has 1 nitrogen and oxygen atoms in total. The summed E-state index contributed by atoms with van der Waals surface area (Å²) in [6, 6.07) is 0. The number of hydrogen-bond acceptors (Lipinski definition) is 1. The van der Waals surface area contributed by atoms with Crippen LogP contribution < -0.4 is 0 Å². The molecule has 0 aromatic rings. The second kappa shape index (κ2) is 10.5. The van der Waals surface area contributed by atoms with Crippen LogP contribution in [0.25, 0.3) is 0 Å². The fourth-order valence-electron chi connectivity index (χ4n) is 2.78. The summed E-state index contributed by atoms with van der Waals surface area (Å²) in [6.45, 7) is 4.45. The van der Waals surface area contributed by atoms with Gasteiger partial charge in [0.25, 0.3) is 0 Å². The van der Waals surface area contributed by atoms with E-state index in [1.807, 2.05) is 6.26 Å². The van der Waals surface area contributed by atoms with E-state index in [1.54, 1.807) is 0 Å². The summed E-state index contributed by atoms with van der Waals surface area (Å²) in [7, 11) is 0. The maximum atomic E-state index is 5.73. The van der Waals surface area contributed by atoms with E-state index >= 15 is 0 Å². The van der Waals surface area contributed by atoms with Gasteiger partial charge in [-0.15, -0.1) is 0 Å². The Hall–Kier alpha value is -0.460. The Bertz CT molecular complexity index is 204. The highest BCUT2D eigenvalue weighted by Crippen LogP contribution is 2.27. The topological polar surface area (TPSA) is 9.23 Å². The Kier molecular flexibility index (Phi) is 9.06. The fourth-order valence-corrected chi connectivity index (χ4v) is 2.78. The van der Waals surface area contributed by atoms with E-state index in [0.717, 1.165) is 5.92 Å². The van der Waals surface area contributed by atoms with Gasteiger partial charge < -0.3 is 4.74 Å². The van der Waals surface area contributed by atoms with Gasteiger partial charge in [0, 0.05) is 0 Å². The minimum absolute atomic E-state index is 0.398. The molecule has 0 aromatic carbocycles. The van der Waals surface area contributed by atoms with Gasteiger partial charge in [0.1, 0.15) is 0 Å². The zero-order valence-corrected chi connectivity index (χ0v) is 12.5. The SMILES string of the molecule is CCCCCC=COC(C)CCC1CCCCC1. The molecule has 1 fully saturated rings. The van der Waals surface area contributed by atoms with Crippen LogP contribution >= 0.6 is 0 Å². The van der Waals surface area contributed by atoms with E-state index in [9.17, 15) is 0 Å². The second-order valence-electron chi connectivity index (χ2n) is 5.90. The van der Waals surface area contributed by atoms with Gasteiger partial charge in [-0.25, -0.2) is 0 Å². The first kappa shape index (κ1) is 15.6. The molecular weight excluding hydrogens is 220 g/mol. The highest BCUT2D eigenvalue weighted by Gasteiger charge is 2.14. The minimum atomic E-state index is 0.398. The molecule has 18 heavy (non-hydrogen) atoms. The van der Waals surface area contributed by atoms with E-state index in [-0.39, 0.29) is 0 Å². The summed E-state index contributed by atoms with van der Waals surface area (Å²) >= 11 is 0. The van der Waals surface area contributed by atoms with Crippen molar-refractivity contribution in [3.63, 3.8) is 0 Å². The van der Waals surface area contributed by atoms with Gasteiger partial charge in [-0.1, -0.05) is 51.9 Å². The first-order valence-corrected chi connectivity index (χ1v) is 8.13. The van der Waals surface area contributed by atoms with Crippen molar-refractivity contribution in [2.45, 2.75) is 90.6 Å². The molecule has 0 N–H and O–H groups in total. The van der Waals surface area contributed by atoms with Crippen LogP contribution in [0.4, 0.5) is 0 Å². The Morgan fingerprint density at radius 2 is 1.94 bits per heavy atom. The largest absolute Gasteiger partial charge is 0.499 e. The summed E-state index contributed by atoms with van der Waals surface area (Å²) in [5, 5.41) is 0. The lowest BCUT2D eigenvalue weighted by Crippen LogP contribution is -2.11. The van der Waals surface area contributed by atoms with Gasteiger partial charge in [0.15, 0.2) is 0 Å². The molecule has 0 amide bonds. The molecule has 1 aliphatic rings. The van der Waals surface area contributed by atoms with Crippen molar-refractivity contribution in [2.75, 3.05) is 0 Å². The molecule has 106 valence electrons. The number of unbranched alkanes of at least 4 members (excludes halogenated alkanes) is 3. The first-order chi connectivity index (χ1) is 8.83. The van der Waals surface area contributed by atoms with E-state index in [0.29, 0.717) is 6.10 Å². The Labute approximate surface area is 114 Å². The summed E-state index contributed by atoms with van der Waals surface area (Å²) in [6.07, 6.45) is 19.5. The molecule has 0 aliphatic heterocycles. The lowest BCUT2D eigenvalue weighted by molar-refractivity contribution is 0.139. The van der Waals surface area contributed by atoms with Gasteiger partial charge in [0.2, 0.25) is 0 Å². The third kappa shape index (κ3) is 7.79. The monoisotopic (exact) mass is 252 g/mol. The average Bonchev–Trinajstić information content (AvgIpc) is 2.41. The van der Waals surface area contributed by atoms with Crippen LogP contribution in [0.3, 0.4) is 0 Å². The van der Waals surface area contributed by atoms with E-state index in [1.165, 1.54) is 70.6 Å². The molecule has 1 unspecified atom stereocenters. The summed E-state index contributed by atoms with van der Waals surface area (Å²) < 4.78 is 5.73. The highest BCUT2D eigenvalue weighted by atomic mass is 16.5. The summed E-state index contributed by atoms with van der Waals surface area (Å²) in [4.78, 5) is 0. The smallest absolute Gasteiger partial charge is 0.0950 e. The van der Waals surface area contributed by atoms with E-state index in [4.69, 9.17) is 4.74 Å². The molecule has 1 aliphatic carbocycles. The normalized spacial score (nSPS) is 19.2. The van der Waals surface area contributed by atoms with Crippen LogP contribution in [0.5, 0.6) is 0 Å². The molecule has 0 radical (unpaired) electrons. The van der Waals surface area contributed by atoms with Crippen LogP contribution in [0.1, 0.15) is 84.5 Å². The lowest BCUT2D eigenvalue weighted by atomic mass is 9.85. The molecule has 0 aromatic heterocycles. The van der Waals surface area contributed by atoms with E-state index < -0.39 is 0 Å². The quantitative estimate of drug-likeness (QED) is 0.369. The highest BCUT2D eigenvalue weighted by molar-refractivity contribution is 4.75. The number of hydrogen-bond donors (Lipinski definition) is 0. The van der Waals surface area contributed by atoms with Gasteiger partial charge in [-0.3, -0.25) is 0 Å². The third-order valence-electron chi connectivity index (χ3n) is 4.09. The Morgan fingerprint density at radius 1 is 1.17 bits per heavy atom. The van der Waals surface area contributed by atoms with Crippen molar-refractivity contribution in [3.05, 3.63) is 12.3 Å². The van der Waals surface area contributed by atoms with Crippen LogP contribution in [-0.4, -0.2) is 6.10 Å². The van der Waals surface area contributed by atoms with Crippen molar-refractivity contribution in [1.29, 1.82) is 0 Å². The summed E-state index contributed by atoms with van der Waals surface area (Å²) in [5.74, 6) is 0.985. The number of ether oxygens (including phenoxy) is 1. The van der Waals surface area contributed by atoms with Gasteiger partial charge in [-0.05, 0) is 44.6 Å². The standard InChI is InChI=1S/C17H32O/c1-3-4-5-6-10-15-18-16(2)13-14-17-11-8-7-9-12-17/h10,15-17H,3-9,11-14H2,1-2H3. The molecule has 1 rings (SSSR count). The first-order valence-electron chi connectivity index (χ1n) is 8.13. The average molecular weight is 252 g/mol. The zero-order valence-electron chi connectivity index (χ0n) is 12.5. The van der Waals surface area contributed by atoms with Gasteiger partial charge in [0.05, 0.1) is 12.4 Å². The van der Waals surface area contributed by atoms with Gasteiger partial charge in [-0.2, -0.15) is 0 Å². The van der Waals surface area contributed by atoms with Gasteiger partial charge >= 0.3 is 0 Å². The van der Waals surface area contributed by atoms with Crippen molar-refractivity contribution in [2.24, 2.45) is 5.92 Å². The lowest BCUT2D eigenvalue weighted by Gasteiger charge is -2.22. The third-order valence-corrected chi connectivity index (χ3v) is 4.09. The summed E-state index contributed by atoms with van der Waals surface area (Å²) in [5.41, 5.74) is 0. The van der Waals surface area contributed by atoms with Crippen molar-refractivity contribution >= 4 is 0 Å². The molecule has 0 heterocycles.